The molecule has 1 N–H and O–H groups in total. The average molecular weight is 442 g/mol. The zero-order chi connectivity index (χ0) is 22.9. The van der Waals surface area contributed by atoms with Gasteiger partial charge in [-0.05, 0) is 41.8 Å². The molecule has 1 heterocycles. The van der Waals surface area contributed by atoms with Crippen molar-refractivity contribution in [3.63, 3.8) is 0 Å². The number of benzene rings is 3. The molecule has 0 unspecified atom stereocenters. The molecule has 33 heavy (non-hydrogen) atoms. The summed E-state index contributed by atoms with van der Waals surface area (Å²) in [6, 6.07) is 29.3. The third kappa shape index (κ3) is 5.90. The molecule has 0 atom stereocenters. The highest BCUT2D eigenvalue weighted by Crippen LogP contribution is 2.38. The van der Waals surface area contributed by atoms with E-state index in [9.17, 15) is 5.11 Å². The molecule has 5 heteroatoms. The first-order valence-corrected chi connectivity index (χ1v) is 11.0. The monoisotopic (exact) mass is 441 g/mol. The van der Waals surface area contributed by atoms with Crippen molar-refractivity contribution in [1.82, 2.24) is 4.98 Å². The van der Waals surface area contributed by atoms with E-state index < -0.39 is 0 Å². The van der Waals surface area contributed by atoms with E-state index in [0.29, 0.717) is 37.3 Å². The van der Waals surface area contributed by atoms with E-state index in [1.807, 2.05) is 97.9 Å². The minimum absolute atomic E-state index is 0.0642. The number of hydrogen-bond donors (Lipinski definition) is 1. The molecule has 0 saturated heterocycles. The molecule has 0 radical (unpaired) electrons. The maximum absolute atomic E-state index is 9.67. The Hall–Kier alpha value is -3.83. The lowest BCUT2D eigenvalue weighted by atomic mass is 10.0. The Morgan fingerprint density at radius 1 is 0.667 bits per heavy atom. The summed E-state index contributed by atoms with van der Waals surface area (Å²) >= 11 is 0. The first-order chi connectivity index (χ1) is 16.3. The molecule has 5 nitrogen and oxygen atoms in total. The summed E-state index contributed by atoms with van der Waals surface area (Å²) in [7, 11) is 0. The highest BCUT2D eigenvalue weighted by Gasteiger charge is 2.16. The van der Waals surface area contributed by atoms with Crippen LogP contribution in [0.4, 0.5) is 0 Å². The largest absolute Gasteiger partial charge is 0.493 e. The van der Waals surface area contributed by atoms with Gasteiger partial charge in [-0.2, -0.15) is 4.98 Å². The zero-order valence-corrected chi connectivity index (χ0v) is 18.6. The molecule has 168 valence electrons. The number of rotatable bonds is 10. The van der Waals surface area contributed by atoms with Gasteiger partial charge in [-0.1, -0.05) is 66.7 Å². The van der Waals surface area contributed by atoms with Crippen LogP contribution in [0.2, 0.25) is 0 Å². The quantitative estimate of drug-likeness (QED) is 0.337. The second kappa shape index (κ2) is 11.2. The van der Waals surface area contributed by atoms with Crippen LogP contribution in [0, 0.1) is 0 Å². The van der Waals surface area contributed by atoms with Crippen LogP contribution in [0.5, 0.6) is 17.5 Å². The number of aromatic nitrogens is 1. The molecule has 0 aliphatic rings. The van der Waals surface area contributed by atoms with Gasteiger partial charge >= 0.3 is 0 Å². The van der Waals surface area contributed by atoms with Crippen LogP contribution in [-0.4, -0.2) is 16.7 Å². The number of ether oxygens (including phenoxy) is 3. The van der Waals surface area contributed by atoms with Crippen molar-refractivity contribution in [3.8, 4) is 28.6 Å². The number of aliphatic hydroxyl groups excluding tert-OH is 1. The number of hydrogen-bond acceptors (Lipinski definition) is 5. The smallest absolute Gasteiger partial charge is 0.225 e. The summed E-state index contributed by atoms with van der Waals surface area (Å²) in [4.78, 5) is 4.67. The molecule has 0 fully saturated rings. The Bertz CT molecular complexity index is 1160. The fourth-order valence-corrected chi connectivity index (χ4v) is 3.44. The maximum atomic E-state index is 9.67. The van der Waals surface area contributed by atoms with E-state index >= 15 is 0 Å². The Morgan fingerprint density at radius 3 is 1.97 bits per heavy atom. The van der Waals surface area contributed by atoms with Gasteiger partial charge < -0.3 is 19.3 Å². The first-order valence-electron chi connectivity index (χ1n) is 11.0. The first kappa shape index (κ1) is 22.4. The fraction of sp³-hybridized carbons (Fsp3) is 0.179. The third-order valence-electron chi connectivity index (χ3n) is 5.10. The van der Waals surface area contributed by atoms with Crippen LogP contribution in [0.25, 0.3) is 11.1 Å². The molecule has 3 aromatic carbocycles. The molecular formula is C28H27NO4. The van der Waals surface area contributed by atoms with E-state index in [2.05, 4.69) is 4.98 Å². The molecule has 1 aromatic heterocycles. The Balaban J connectivity index is 1.67. The van der Waals surface area contributed by atoms with E-state index in [0.717, 1.165) is 27.8 Å². The summed E-state index contributed by atoms with van der Waals surface area (Å²) in [5, 5.41) is 9.67. The van der Waals surface area contributed by atoms with Crippen LogP contribution >= 0.6 is 0 Å². The van der Waals surface area contributed by atoms with Crippen LogP contribution in [0.1, 0.15) is 23.6 Å². The summed E-state index contributed by atoms with van der Waals surface area (Å²) in [5.74, 6) is 1.63. The van der Waals surface area contributed by atoms with Crippen molar-refractivity contribution in [1.29, 1.82) is 0 Å². The molecule has 4 aromatic rings. The minimum Gasteiger partial charge on any atom is -0.493 e. The molecule has 0 saturated carbocycles. The predicted molar refractivity (Wildman–Crippen MR) is 128 cm³/mol. The van der Waals surface area contributed by atoms with Crippen molar-refractivity contribution in [2.24, 2.45) is 0 Å². The maximum Gasteiger partial charge on any atom is 0.225 e. The Kier molecular flexibility index (Phi) is 7.56. The van der Waals surface area contributed by atoms with Crippen LogP contribution in [0.3, 0.4) is 0 Å². The lowest BCUT2D eigenvalue weighted by molar-refractivity contribution is 0.268. The van der Waals surface area contributed by atoms with E-state index in [-0.39, 0.29) is 6.61 Å². The number of nitrogens with zero attached hydrogens (tertiary/aromatic N) is 1. The topological polar surface area (TPSA) is 60.8 Å². The Labute approximate surface area is 194 Å². The number of pyridine rings is 1. The summed E-state index contributed by atoms with van der Waals surface area (Å²) < 4.78 is 18.0. The lowest BCUT2D eigenvalue weighted by Crippen LogP contribution is -2.03. The van der Waals surface area contributed by atoms with Gasteiger partial charge in [0.15, 0.2) is 0 Å². The van der Waals surface area contributed by atoms with Gasteiger partial charge in [0.1, 0.15) is 19.0 Å². The van der Waals surface area contributed by atoms with Gasteiger partial charge in [-0.25, -0.2) is 0 Å². The summed E-state index contributed by atoms with van der Waals surface area (Å²) in [6.07, 6.45) is 0. The molecule has 0 aliphatic carbocycles. The molecular weight excluding hydrogens is 414 g/mol. The number of aliphatic hydroxyl groups is 1. The van der Waals surface area contributed by atoms with Gasteiger partial charge in [0.2, 0.25) is 11.8 Å². The molecule has 4 rings (SSSR count). The summed E-state index contributed by atoms with van der Waals surface area (Å²) in [6.45, 7) is 3.18. The van der Waals surface area contributed by atoms with Crippen molar-refractivity contribution in [3.05, 3.63) is 108 Å². The van der Waals surface area contributed by atoms with Gasteiger partial charge in [0.25, 0.3) is 0 Å². The fourth-order valence-electron chi connectivity index (χ4n) is 3.44. The van der Waals surface area contributed by atoms with Crippen molar-refractivity contribution in [2.75, 3.05) is 6.61 Å². The van der Waals surface area contributed by atoms with E-state index in [4.69, 9.17) is 14.2 Å². The van der Waals surface area contributed by atoms with E-state index in [1.54, 1.807) is 0 Å². The average Bonchev–Trinajstić information content (AvgIpc) is 2.88. The van der Waals surface area contributed by atoms with Crippen LogP contribution < -0.4 is 14.2 Å². The highest BCUT2D eigenvalue weighted by molar-refractivity contribution is 5.75. The predicted octanol–water partition coefficient (Wildman–Crippen LogP) is 5.80. The van der Waals surface area contributed by atoms with Crippen LogP contribution in [0.15, 0.2) is 91.0 Å². The molecule has 0 aliphatic heterocycles. The second-order valence-electron chi connectivity index (χ2n) is 7.47. The van der Waals surface area contributed by atoms with Gasteiger partial charge in [0, 0.05) is 17.2 Å². The highest BCUT2D eigenvalue weighted by atomic mass is 16.5. The molecule has 0 bridgehead atoms. The van der Waals surface area contributed by atoms with Gasteiger partial charge in [-0.3, -0.25) is 0 Å². The Morgan fingerprint density at radius 2 is 1.33 bits per heavy atom. The second-order valence-corrected chi connectivity index (χ2v) is 7.47. The normalized spacial score (nSPS) is 10.6. The van der Waals surface area contributed by atoms with E-state index in [1.165, 1.54) is 0 Å². The third-order valence-corrected chi connectivity index (χ3v) is 5.10. The van der Waals surface area contributed by atoms with Crippen molar-refractivity contribution in [2.45, 2.75) is 26.7 Å². The zero-order valence-electron chi connectivity index (χ0n) is 18.6. The lowest BCUT2D eigenvalue weighted by Gasteiger charge is -2.16. The van der Waals surface area contributed by atoms with Gasteiger partial charge in [-0.15, -0.1) is 0 Å². The molecule has 0 amide bonds. The minimum atomic E-state index is -0.0642. The van der Waals surface area contributed by atoms with Crippen LogP contribution in [-0.2, 0) is 19.8 Å². The van der Waals surface area contributed by atoms with Crippen molar-refractivity contribution >= 4 is 0 Å². The SMILES string of the molecule is CCOc1ccc(CO)cc1-c1ccc(OCc2ccccc2)nc1OCc1ccccc1. The standard InChI is InChI=1S/C28H27NO4/c1-2-31-26-15-13-23(18-30)17-25(26)24-14-16-27(32-19-21-9-5-3-6-10-21)29-28(24)33-20-22-11-7-4-8-12-22/h3-17,30H,2,18-20H2,1H3. The molecule has 0 spiro atoms. The van der Waals surface area contributed by atoms with Gasteiger partial charge in [0.05, 0.1) is 13.2 Å². The summed E-state index contributed by atoms with van der Waals surface area (Å²) in [5.41, 5.74) is 4.47. The van der Waals surface area contributed by atoms with Crippen molar-refractivity contribution < 1.29 is 19.3 Å².